The molecule has 1 amide bonds. The van der Waals surface area contributed by atoms with E-state index in [9.17, 15) is 14.0 Å². The van der Waals surface area contributed by atoms with Gasteiger partial charge in [-0.05, 0) is 61.7 Å². The SMILES string of the molecule is C=CC(=O)N1[C@H](C)CN(c2nc(=O)n3c4c(c([C@@H]5CC(Cl)[C@H](F)C=C5F)c(C(F)(F)F)cc24)SC[C@@H](c2ccncc2)C3)C[C@@H]1C. The molecule has 1 unspecified atom stereocenters. The number of halogens is 6. The molecule has 2 aromatic heterocycles. The van der Waals surface area contributed by atoms with Crippen molar-refractivity contribution in [1.29, 1.82) is 0 Å². The van der Waals surface area contributed by atoms with Crippen LogP contribution < -0.4 is 10.6 Å². The van der Waals surface area contributed by atoms with Gasteiger partial charge in [0.25, 0.3) is 0 Å². The predicted octanol–water partition coefficient (Wildman–Crippen LogP) is 6.60. The molecular formula is C32H31ClF5N5O2S. The average molecular weight is 680 g/mol. The molecule has 14 heteroatoms. The van der Waals surface area contributed by atoms with E-state index in [1.54, 1.807) is 48.2 Å². The van der Waals surface area contributed by atoms with Crippen LogP contribution in [0, 0.1) is 0 Å². The average Bonchev–Trinajstić information content (AvgIpc) is 3.21. The topological polar surface area (TPSA) is 71.3 Å². The molecule has 0 saturated carbocycles. The lowest BCUT2D eigenvalue weighted by atomic mass is 9.83. The van der Waals surface area contributed by atoms with Crippen LogP contribution in [-0.2, 0) is 17.5 Å². The molecule has 0 radical (unpaired) electrons. The number of amides is 1. The summed E-state index contributed by atoms with van der Waals surface area (Å²) < 4.78 is 76.4. The fraction of sp³-hybridized carbons (Fsp3) is 0.438. The molecule has 3 aromatic rings. The zero-order valence-electron chi connectivity index (χ0n) is 25.0. The zero-order chi connectivity index (χ0) is 33.1. The molecule has 7 nitrogen and oxygen atoms in total. The molecular weight excluding hydrogens is 649 g/mol. The Morgan fingerprint density at radius 2 is 1.83 bits per heavy atom. The lowest BCUT2D eigenvalue weighted by Crippen LogP contribution is -2.58. The van der Waals surface area contributed by atoms with Gasteiger partial charge in [0.05, 0.1) is 16.5 Å². The summed E-state index contributed by atoms with van der Waals surface area (Å²) in [5.41, 5.74) is -1.08. The molecule has 1 aromatic carbocycles. The summed E-state index contributed by atoms with van der Waals surface area (Å²) in [6.45, 7) is 7.69. The number of carbonyl (C=O) groups excluding carboxylic acids is 1. The van der Waals surface area contributed by atoms with E-state index in [-0.39, 0.29) is 76.5 Å². The molecule has 0 N–H and O–H groups in total. The van der Waals surface area contributed by atoms with Gasteiger partial charge in [0.1, 0.15) is 17.8 Å². The minimum Gasteiger partial charge on any atom is -0.352 e. The monoisotopic (exact) mass is 679 g/mol. The number of aromatic nitrogens is 3. The lowest BCUT2D eigenvalue weighted by Gasteiger charge is -2.44. The van der Waals surface area contributed by atoms with Crippen molar-refractivity contribution in [2.75, 3.05) is 23.7 Å². The largest absolute Gasteiger partial charge is 0.416 e. The second kappa shape index (κ2) is 12.3. The van der Waals surface area contributed by atoms with E-state index in [1.165, 1.54) is 10.6 Å². The molecule has 6 atom stereocenters. The minimum absolute atomic E-state index is 0.0561. The molecule has 1 saturated heterocycles. The molecule has 244 valence electrons. The zero-order valence-corrected chi connectivity index (χ0v) is 26.5. The van der Waals surface area contributed by atoms with Crippen LogP contribution >= 0.6 is 23.4 Å². The summed E-state index contributed by atoms with van der Waals surface area (Å²) in [5, 5.41) is -1.15. The van der Waals surface area contributed by atoms with E-state index in [0.717, 1.165) is 23.4 Å². The van der Waals surface area contributed by atoms with Crippen molar-refractivity contribution in [3.05, 3.63) is 82.3 Å². The number of allylic oxidation sites excluding steroid dienone is 2. The summed E-state index contributed by atoms with van der Waals surface area (Å²) in [6, 6.07) is 3.76. The summed E-state index contributed by atoms with van der Waals surface area (Å²) >= 11 is 7.29. The van der Waals surface area contributed by atoms with Crippen molar-refractivity contribution in [1.82, 2.24) is 19.4 Å². The number of carbonyl (C=O) groups is 1. The molecule has 1 aliphatic carbocycles. The van der Waals surface area contributed by atoms with Gasteiger partial charge < -0.3 is 9.80 Å². The van der Waals surface area contributed by atoms with Gasteiger partial charge in [0.15, 0.2) is 0 Å². The Balaban J connectivity index is 1.62. The number of benzene rings is 1. The second-order valence-electron chi connectivity index (χ2n) is 12.0. The van der Waals surface area contributed by atoms with Gasteiger partial charge in [-0.25, -0.2) is 13.6 Å². The first-order valence-electron chi connectivity index (χ1n) is 14.9. The van der Waals surface area contributed by atoms with Crippen molar-refractivity contribution in [2.45, 2.75) is 73.4 Å². The van der Waals surface area contributed by atoms with Gasteiger partial charge in [0, 0.05) is 72.0 Å². The van der Waals surface area contributed by atoms with Gasteiger partial charge in [-0.15, -0.1) is 23.4 Å². The van der Waals surface area contributed by atoms with Crippen LogP contribution in [0.3, 0.4) is 0 Å². The molecule has 46 heavy (non-hydrogen) atoms. The quantitative estimate of drug-likeness (QED) is 0.176. The van der Waals surface area contributed by atoms with Crippen LogP contribution in [0.2, 0.25) is 0 Å². The maximum absolute atomic E-state index is 15.5. The van der Waals surface area contributed by atoms with Crippen LogP contribution in [0.5, 0.6) is 0 Å². The van der Waals surface area contributed by atoms with Crippen LogP contribution in [0.4, 0.5) is 27.8 Å². The maximum atomic E-state index is 15.5. The van der Waals surface area contributed by atoms with Gasteiger partial charge in [-0.1, -0.05) is 6.58 Å². The molecule has 4 heterocycles. The highest BCUT2D eigenvalue weighted by molar-refractivity contribution is 7.99. The van der Waals surface area contributed by atoms with Crippen molar-refractivity contribution in [3.63, 3.8) is 0 Å². The summed E-state index contributed by atoms with van der Waals surface area (Å²) in [6.07, 6.45) is -2.12. The highest BCUT2D eigenvalue weighted by Crippen LogP contribution is 2.51. The molecule has 1 fully saturated rings. The smallest absolute Gasteiger partial charge is 0.352 e. The summed E-state index contributed by atoms with van der Waals surface area (Å²) in [4.78, 5) is 38.3. The second-order valence-corrected chi connectivity index (χ2v) is 13.6. The first kappa shape index (κ1) is 32.5. The Morgan fingerprint density at radius 3 is 2.46 bits per heavy atom. The van der Waals surface area contributed by atoms with E-state index in [0.29, 0.717) is 6.08 Å². The van der Waals surface area contributed by atoms with Gasteiger partial charge in [-0.2, -0.15) is 18.2 Å². The van der Waals surface area contributed by atoms with Crippen LogP contribution in [0.1, 0.15) is 48.8 Å². The third kappa shape index (κ3) is 5.69. The minimum atomic E-state index is -4.93. The number of rotatable bonds is 4. The highest BCUT2D eigenvalue weighted by Gasteiger charge is 2.44. The van der Waals surface area contributed by atoms with Crippen molar-refractivity contribution < 1.29 is 26.7 Å². The van der Waals surface area contributed by atoms with E-state index in [1.807, 2.05) is 0 Å². The Kier molecular flexibility index (Phi) is 8.68. The molecule has 0 bridgehead atoms. The molecule has 6 rings (SSSR count). The first-order chi connectivity index (χ1) is 21.8. The fourth-order valence-corrected chi connectivity index (χ4v) is 8.65. The van der Waals surface area contributed by atoms with Crippen molar-refractivity contribution in [3.8, 4) is 0 Å². The number of piperazine rings is 1. The van der Waals surface area contributed by atoms with Crippen LogP contribution in [0.25, 0.3) is 10.9 Å². The normalized spacial score (nSPS) is 26.9. The van der Waals surface area contributed by atoms with Crippen molar-refractivity contribution in [2.24, 2.45) is 0 Å². The van der Waals surface area contributed by atoms with E-state index < -0.39 is 47.1 Å². The Morgan fingerprint density at radius 1 is 1.15 bits per heavy atom. The van der Waals surface area contributed by atoms with Crippen LogP contribution in [-0.4, -0.2) is 67.8 Å². The van der Waals surface area contributed by atoms with Gasteiger partial charge in [0.2, 0.25) is 5.91 Å². The third-order valence-corrected chi connectivity index (χ3v) is 10.7. The highest BCUT2D eigenvalue weighted by atomic mass is 35.5. The Hall–Kier alpha value is -3.45. The lowest BCUT2D eigenvalue weighted by molar-refractivity contribution is -0.138. The number of nitrogens with zero attached hydrogens (tertiary/aromatic N) is 5. The molecule has 0 spiro atoms. The number of hydrogen-bond acceptors (Lipinski definition) is 6. The number of pyridine rings is 1. The fourth-order valence-electron chi connectivity index (χ4n) is 6.97. The number of hydrogen-bond donors (Lipinski definition) is 0. The first-order valence-corrected chi connectivity index (χ1v) is 16.3. The summed E-state index contributed by atoms with van der Waals surface area (Å²) in [5.74, 6) is -2.76. The van der Waals surface area contributed by atoms with Gasteiger partial charge >= 0.3 is 11.9 Å². The van der Waals surface area contributed by atoms with E-state index in [4.69, 9.17) is 11.6 Å². The standard InChI is InChI=1S/C32H31ClF5N5O2S/c1-4-26(44)43-16(2)12-41(13-17(43)3)30-21-9-22(32(36,37)38)27(20-10-23(33)25(35)11-24(20)34)29-28(21)42(31(45)40-30)14-19(15-46-29)18-5-7-39-8-6-18/h4-9,11,16-17,19-20,23,25H,1,10,12-15H2,2-3H3/t16-,17+,19-,20+,23?,25+/m0/s1. The number of alkyl halides is 5. The number of thioether (sulfide) groups is 1. The van der Waals surface area contributed by atoms with Crippen LogP contribution in [0.15, 0.2) is 64.8 Å². The van der Waals surface area contributed by atoms with Crippen molar-refractivity contribution >= 4 is 46.0 Å². The maximum Gasteiger partial charge on any atom is 0.416 e. The third-order valence-electron chi connectivity index (χ3n) is 9.01. The molecule has 2 aliphatic heterocycles. The Labute approximate surface area is 271 Å². The predicted molar refractivity (Wildman–Crippen MR) is 168 cm³/mol. The van der Waals surface area contributed by atoms with E-state index >= 15 is 17.6 Å². The van der Waals surface area contributed by atoms with Gasteiger partial charge in [-0.3, -0.25) is 14.3 Å². The Bertz CT molecular complexity index is 1770. The molecule has 3 aliphatic rings. The number of anilines is 1. The van der Waals surface area contributed by atoms with E-state index in [2.05, 4.69) is 16.5 Å². The summed E-state index contributed by atoms with van der Waals surface area (Å²) in [7, 11) is 0.